The number of H-pyrrole nitrogens is 1. The Hall–Kier alpha value is -1.86. The Morgan fingerprint density at radius 2 is 1.72 bits per heavy atom. The topological polar surface area (TPSA) is 54.9 Å². The average molecular weight is 411 g/mol. The molecule has 4 nitrogen and oxygen atoms in total. The van der Waals surface area contributed by atoms with Crippen LogP contribution in [0.1, 0.15) is 0 Å². The van der Waals surface area contributed by atoms with Crippen molar-refractivity contribution in [2.75, 3.05) is 0 Å². The second-order valence-electron chi connectivity index (χ2n) is 5.03. The molecule has 25 heavy (non-hydrogen) atoms. The van der Waals surface area contributed by atoms with Crippen LogP contribution in [0.3, 0.4) is 0 Å². The van der Waals surface area contributed by atoms with Crippen molar-refractivity contribution in [1.82, 2.24) is 9.55 Å². The van der Waals surface area contributed by atoms with E-state index in [1.807, 2.05) is 12.1 Å². The summed E-state index contributed by atoms with van der Waals surface area (Å²) in [6.45, 7) is 4.14. The molecule has 4 aromatic rings. The van der Waals surface area contributed by atoms with Gasteiger partial charge >= 0.3 is 9.75 Å². The highest BCUT2D eigenvalue weighted by Crippen LogP contribution is 2.21. The van der Waals surface area contributed by atoms with Crippen LogP contribution in [-0.2, 0) is 6.54 Å². The Morgan fingerprint density at radius 1 is 1.04 bits per heavy atom. The number of fused-ring (bicyclic) bond motifs is 2. The van der Waals surface area contributed by atoms with Crippen LogP contribution in [0.5, 0.6) is 0 Å². The van der Waals surface area contributed by atoms with Crippen LogP contribution < -0.4 is 9.75 Å². The first-order chi connectivity index (χ1) is 12.0. The lowest BCUT2D eigenvalue weighted by atomic mass is 10.3. The molecule has 4 rings (SSSR count). The average Bonchev–Trinajstić information content (AvgIpc) is 3.07. The second-order valence-corrected chi connectivity index (χ2v) is 7.92. The molecule has 1 N–H and O–H groups in total. The molecule has 2 aromatic heterocycles. The van der Waals surface area contributed by atoms with Crippen LogP contribution in [0, 0.1) is 0 Å². The van der Waals surface area contributed by atoms with E-state index in [1.165, 1.54) is 22.7 Å². The van der Waals surface area contributed by atoms with Gasteiger partial charge in [0.05, 0.1) is 20.4 Å². The number of nitrogens with zero attached hydrogens (tertiary/aromatic N) is 1. The number of aromatic nitrogens is 2. The molecule has 2 aromatic carbocycles. The predicted octanol–water partition coefficient (Wildman–Crippen LogP) is 5.15. The minimum atomic E-state index is -0.0396. The molecule has 0 aliphatic rings. The van der Waals surface area contributed by atoms with Gasteiger partial charge in [0.2, 0.25) is 0 Å². The van der Waals surface area contributed by atoms with Gasteiger partial charge in [-0.3, -0.25) is 14.2 Å². The highest BCUT2D eigenvalue weighted by molar-refractivity contribution is 7.16. The normalized spacial score (nSPS) is 10.6. The van der Waals surface area contributed by atoms with Crippen LogP contribution in [-0.4, -0.2) is 9.55 Å². The molecule has 128 valence electrons. The number of hydrogen-bond acceptors (Lipinski definition) is 4. The SMILES string of the molecule is C=CCn1c(=O)sc2ccc(Cl)cc21.O=c1[nH]c2cc(Cl)ccc2s1. The van der Waals surface area contributed by atoms with Gasteiger partial charge in [-0.2, -0.15) is 0 Å². The van der Waals surface area contributed by atoms with Crippen molar-refractivity contribution in [2.45, 2.75) is 6.54 Å². The summed E-state index contributed by atoms with van der Waals surface area (Å²) < 4.78 is 3.57. The summed E-state index contributed by atoms with van der Waals surface area (Å²) >= 11 is 14.0. The predicted molar refractivity (Wildman–Crippen MR) is 109 cm³/mol. The van der Waals surface area contributed by atoms with Gasteiger partial charge in [0.25, 0.3) is 0 Å². The molecular weight excluding hydrogens is 399 g/mol. The van der Waals surface area contributed by atoms with E-state index in [-0.39, 0.29) is 9.75 Å². The van der Waals surface area contributed by atoms with Crippen molar-refractivity contribution < 1.29 is 0 Å². The van der Waals surface area contributed by atoms with E-state index >= 15 is 0 Å². The number of benzene rings is 2. The molecule has 0 aliphatic heterocycles. The molecule has 0 amide bonds. The molecule has 2 heterocycles. The number of aromatic amines is 1. The van der Waals surface area contributed by atoms with Crippen molar-refractivity contribution >= 4 is 66.3 Å². The van der Waals surface area contributed by atoms with Gasteiger partial charge in [-0.25, -0.2) is 0 Å². The highest BCUT2D eigenvalue weighted by Gasteiger charge is 2.05. The molecule has 8 heteroatoms. The minimum Gasteiger partial charge on any atom is -0.312 e. The summed E-state index contributed by atoms with van der Waals surface area (Å²) in [5.41, 5.74) is 1.69. The van der Waals surface area contributed by atoms with E-state index in [0.717, 1.165) is 20.4 Å². The quantitative estimate of drug-likeness (QED) is 0.464. The first kappa shape index (κ1) is 17.9. The minimum absolute atomic E-state index is 0.0298. The number of hydrogen-bond donors (Lipinski definition) is 1. The summed E-state index contributed by atoms with van der Waals surface area (Å²) in [5.74, 6) is 0. The summed E-state index contributed by atoms with van der Waals surface area (Å²) in [4.78, 5) is 25.0. The Kier molecular flexibility index (Phi) is 5.44. The maximum absolute atomic E-state index is 11.5. The lowest BCUT2D eigenvalue weighted by molar-refractivity contribution is 0.842. The van der Waals surface area contributed by atoms with E-state index in [9.17, 15) is 9.59 Å². The fourth-order valence-electron chi connectivity index (χ4n) is 2.26. The van der Waals surface area contributed by atoms with E-state index < -0.39 is 0 Å². The summed E-state index contributed by atoms with van der Waals surface area (Å²) in [7, 11) is 0. The van der Waals surface area contributed by atoms with Gasteiger partial charge in [-0.05, 0) is 36.4 Å². The zero-order valence-corrected chi connectivity index (χ0v) is 15.9. The summed E-state index contributed by atoms with van der Waals surface area (Å²) in [5, 5.41) is 1.29. The lowest BCUT2D eigenvalue weighted by Gasteiger charge is -1.98. The van der Waals surface area contributed by atoms with Crippen LogP contribution in [0.25, 0.3) is 20.4 Å². The van der Waals surface area contributed by atoms with Gasteiger partial charge in [0.1, 0.15) is 0 Å². The van der Waals surface area contributed by atoms with Crippen molar-refractivity contribution in [2.24, 2.45) is 0 Å². The third-order valence-electron chi connectivity index (χ3n) is 3.32. The van der Waals surface area contributed by atoms with E-state index in [0.29, 0.717) is 16.6 Å². The van der Waals surface area contributed by atoms with Gasteiger partial charge in [0, 0.05) is 16.6 Å². The van der Waals surface area contributed by atoms with Crippen LogP contribution >= 0.6 is 45.9 Å². The Morgan fingerprint density at radius 3 is 2.44 bits per heavy atom. The molecule has 0 saturated carbocycles. The molecule has 0 fully saturated rings. The van der Waals surface area contributed by atoms with Crippen LogP contribution in [0.4, 0.5) is 0 Å². The Labute approximate surface area is 160 Å². The zero-order valence-electron chi connectivity index (χ0n) is 12.8. The van der Waals surface area contributed by atoms with Crippen LogP contribution in [0.15, 0.2) is 58.6 Å². The second kappa shape index (κ2) is 7.58. The maximum Gasteiger partial charge on any atom is 0.308 e. The fraction of sp³-hybridized carbons (Fsp3) is 0.0588. The smallest absolute Gasteiger partial charge is 0.308 e. The number of halogens is 2. The van der Waals surface area contributed by atoms with Gasteiger partial charge < -0.3 is 4.98 Å². The number of allylic oxidation sites excluding steroid dienone is 1. The summed E-state index contributed by atoms with van der Waals surface area (Å²) in [6.07, 6.45) is 1.70. The third kappa shape index (κ3) is 4.04. The first-order valence-corrected chi connectivity index (χ1v) is 9.55. The van der Waals surface area contributed by atoms with Gasteiger partial charge in [-0.15, -0.1) is 6.58 Å². The van der Waals surface area contributed by atoms with E-state index in [1.54, 1.807) is 34.9 Å². The monoisotopic (exact) mass is 410 g/mol. The largest absolute Gasteiger partial charge is 0.312 e. The molecular formula is C17H12Cl2N2O2S2. The van der Waals surface area contributed by atoms with Crippen molar-refractivity contribution in [3.05, 3.63) is 78.4 Å². The number of thiazole rings is 2. The first-order valence-electron chi connectivity index (χ1n) is 7.16. The Bertz CT molecular complexity index is 1170. The van der Waals surface area contributed by atoms with E-state index in [2.05, 4.69) is 11.6 Å². The van der Waals surface area contributed by atoms with Crippen molar-refractivity contribution in [3.63, 3.8) is 0 Å². The van der Waals surface area contributed by atoms with Gasteiger partial charge in [0.15, 0.2) is 0 Å². The van der Waals surface area contributed by atoms with Crippen molar-refractivity contribution in [1.29, 1.82) is 0 Å². The molecule has 0 unspecified atom stereocenters. The number of nitrogens with one attached hydrogen (secondary N) is 1. The third-order valence-corrected chi connectivity index (χ3v) is 5.62. The number of rotatable bonds is 2. The molecule has 0 aliphatic carbocycles. The Balaban J connectivity index is 0.000000150. The molecule has 0 bridgehead atoms. The molecule has 0 saturated heterocycles. The molecule has 0 spiro atoms. The molecule has 0 atom stereocenters. The lowest BCUT2D eigenvalue weighted by Crippen LogP contribution is -2.10. The fourth-order valence-corrected chi connectivity index (χ4v) is 4.20. The van der Waals surface area contributed by atoms with Gasteiger partial charge in [-0.1, -0.05) is 52.0 Å². The maximum atomic E-state index is 11.5. The highest BCUT2D eigenvalue weighted by atomic mass is 35.5. The molecule has 0 radical (unpaired) electrons. The standard InChI is InChI=1S/C10H8ClNOS.C7H4ClNOS/c1-2-5-12-8-6-7(11)3-4-9(8)14-10(12)13;8-4-1-2-6-5(3-4)9-7(10)11-6/h2-4,6H,1,5H2;1-3H,(H,9,10). The zero-order chi connectivity index (χ0) is 18.0. The van der Waals surface area contributed by atoms with Crippen LogP contribution in [0.2, 0.25) is 10.0 Å². The van der Waals surface area contributed by atoms with E-state index in [4.69, 9.17) is 23.2 Å². The van der Waals surface area contributed by atoms with Crippen molar-refractivity contribution in [3.8, 4) is 0 Å². The summed E-state index contributed by atoms with van der Waals surface area (Å²) in [6, 6.07) is 10.8.